The molecule has 0 aliphatic heterocycles. The van der Waals surface area contributed by atoms with Crippen molar-refractivity contribution in [2.75, 3.05) is 0 Å². The van der Waals surface area contributed by atoms with Crippen LogP contribution in [0.4, 0.5) is 0 Å². The molecule has 0 aliphatic carbocycles. The van der Waals surface area contributed by atoms with Gasteiger partial charge in [0.2, 0.25) is 0 Å². The summed E-state index contributed by atoms with van der Waals surface area (Å²) in [6.45, 7) is 0. The fourth-order valence-electron chi connectivity index (χ4n) is 1.41. The summed E-state index contributed by atoms with van der Waals surface area (Å²) in [7, 11) is 0. The van der Waals surface area contributed by atoms with Crippen molar-refractivity contribution in [2.24, 2.45) is 5.73 Å². The van der Waals surface area contributed by atoms with Crippen LogP contribution in [-0.4, -0.2) is 10.9 Å². The van der Waals surface area contributed by atoms with Crippen LogP contribution < -0.4 is 11.2 Å². The van der Waals surface area contributed by atoms with Crippen LogP contribution in [0.3, 0.4) is 0 Å². The molecule has 1 heterocycles. The van der Waals surface area contributed by atoms with Gasteiger partial charge in [0.15, 0.2) is 5.43 Å². The molecule has 0 spiro atoms. The molecule has 0 aliphatic rings. The van der Waals surface area contributed by atoms with E-state index in [2.05, 4.69) is 4.98 Å². The Morgan fingerprint density at radius 3 is 2.79 bits per heavy atom. The van der Waals surface area contributed by atoms with Crippen molar-refractivity contribution < 1.29 is 4.79 Å². The number of amides is 1. The largest absolute Gasteiger partial charge is 0.366 e. The topological polar surface area (TPSA) is 76.0 Å². The van der Waals surface area contributed by atoms with Gasteiger partial charge in [0.05, 0.1) is 11.1 Å². The number of benzene rings is 1. The number of primary amides is 1. The second kappa shape index (κ2) is 2.99. The van der Waals surface area contributed by atoms with Gasteiger partial charge >= 0.3 is 0 Å². The van der Waals surface area contributed by atoms with E-state index in [-0.39, 0.29) is 5.43 Å². The minimum Gasteiger partial charge on any atom is -0.366 e. The van der Waals surface area contributed by atoms with Crippen LogP contribution in [-0.2, 0) is 0 Å². The van der Waals surface area contributed by atoms with E-state index in [9.17, 15) is 9.59 Å². The fourth-order valence-corrected chi connectivity index (χ4v) is 1.41. The Balaban J connectivity index is 2.95. The Bertz CT molecular complexity index is 557. The lowest BCUT2D eigenvalue weighted by Gasteiger charge is -2.00. The first-order valence-corrected chi connectivity index (χ1v) is 4.10. The van der Waals surface area contributed by atoms with Gasteiger partial charge in [-0.1, -0.05) is 6.07 Å². The van der Waals surface area contributed by atoms with Gasteiger partial charge in [0.1, 0.15) is 0 Å². The van der Waals surface area contributed by atoms with E-state index in [1.807, 2.05) is 0 Å². The number of hydrogen-bond donors (Lipinski definition) is 2. The highest BCUT2D eigenvalue weighted by molar-refractivity contribution is 6.04. The van der Waals surface area contributed by atoms with Crippen molar-refractivity contribution in [3.63, 3.8) is 0 Å². The third-order valence-corrected chi connectivity index (χ3v) is 2.06. The molecule has 1 aromatic heterocycles. The Morgan fingerprint density at radius 2 is 2.07 bits per heavy atom. The molecule has 0 atom stereocenters. The van der Waals surface area contributed by atoms with Crippen molar-refractivity contribution in [1.82, 2.24) is 4.98 Å². The molecule has 1 aromatic carbocycles. The summed E-state index contributed by atoms with van der Waals surface area (Å²) in [6.07, 6.45) is 1.50. The predicted octanol–water partition coefficient (Wildman–Crippen LogP) is 0.627. The van der Waals surface area contributed by atoms with Crippen molar-refractivity contribution in [1.29, 1.82) is 0 Å². The number of nitrogens with one attached hydrogen (secondary N) is 1. The van der Waals surface area contributed by atoms with Crippen LogP contribution in [0.25, 0.3) is 10.9 Å². The maximum absolute atomic E-state index is 11.4. The number of pyridine rings is 1. The molecule has 4 heteroatoms. The lowest BCUT2D eigenvalue weighted by molar-refractivity contribution is 0.100. The van der Waals surface area contributed by atoms with Gasteiger partial charge in [-0.05, 0) is 12.1 Å². The molecule has 70 valence electrons. The highest BCUT2D eigenvalue weighted by Gasteiger charge is 2.07. The number of aromatic amines is 1. The molecule has 0 fully saturated rings. The molecule has 0 radical (unpaired) electrons. The number of nitrogens with two attached hydrogens (primary N) is 1. The molecular formula is C10H8N2O2. The third kappa shape index (κ3) is 1.17. The number of aromatic nitrogens is 1. The molecule has 0 bridgehead atoms. The quantitative estimate of drug-likeness (QED) is 0.688. The highest BCUT2D eigenvalue weighted by Crippen LogP contribution is 2.11. The summed E-state index contributed by atoms with van der Waals surface area (Å²) in [6, 6.07) is 6.28. The molecule has 3 N–H and O–H groups in total. The Labute approximate surface area is 79.4 Å². The Morgan fingerprint density at radius 1 is 1.29 bits per heavy atom. The van der Waals surface area contributed by atoms with E-state index >= 15 is 0 Å². The minimum atomic E-state index is -0.544. The summed E-state index contributed by atoms with van der Waals surface area (Å²) in [4.78, 5) is 25.2. The van der Waals surface area contributed by atoms with Crippen LogP contribution >= 0.6 is 0 Å². The third-order valence-electron chi connectivity index (χ3n) is 2.06. The van der Waals surface area contributed by atoms with E-state index in [1.54, 1.807) is 18.2 Å². The van der Waals surface area contributed by atoms with E-state index in [1.165, 1.54) is 12.3 Å². The summed E-state index contributed by atoms with van der Waals surface area (Å²) in [5, 5.41) is 0.476. The van der Waals surface area contributed by atoms with Gasteiger partial charge in [0.25, 0.3) is 5.91 Å². The number of hydrogen-bond acceptors (Lipinski definition) is 2. The second-order valence-electron chi connectivity index (χ2n) is 2.93. The maximum Gasteiger partial charge on any atom is 0.250 e. The summed E-state index contributed by atoms with van der Waals surface area (Å²) >= 11 is 0. The monoisotopic (exact) mass is 188 g/mol. The van der Waals surface area contributed by atoms with Gasteiger partial charge in [-0.2, -0.15) is 0 Å². The average molecular weight is 188 g/mol. The number of carbonyl (C=O) groups is 1. The normalized spacial score (nSPS) is 10.3. The van der Waals surface area contributed by atoms with Crippen molar-refractivity contribution >= 4 is 16.8 Å². The van der Waals surface area contributed by atoms with Crippen molar-refractivity contribution in [3.8, 4) is 0 Å². The number of rotatable bonds is 1. The van der Waals surface area contributed by atoms with E-state index < -0.39 is 5.91 Å². The molecule has 2 rings (SSSR count). The Kier molecular flexibility index (Phi) is 1.81. The minimum absolute atomic E-state index is 0.123. The predicted molar refractivity (Wildman–Crippen MR) is 53.1 cm³/mol. The molecule has 4 nitrogen and oxygen atoms in total. The zero-order valence-corrected chi connectivity index (χ0v) is 7.28. The molecule has 1 amide bonds. The van der Waals surface area contributed by atoms with Crippen LogP contribution in [0.15, 0.2) is 35.3 Å². The van der Waals surface area contributed by atoms with Crippen LogP contribution in [0.2, 0.25) is 0 Å². The highest BCUT2D eigenvalue weighted by atomic mass is 16.1. The van der Waals surface area contributed by atoms with Gasteiger partial charge in [-0.25, -0.2) is 0 Å². The molecule has 2 aromatic rings. The number of para-hydroxylation sites is 1. The lowest BCUT2D eigenvalue weighted by Crippen LogP contribution is -2.13. The molecule has 0 unspecified atom stereocenters. The van der Waals surface area contributed by atoms with E-state index in [0.717, 1.165) is 0 Å². The Hall–Kier alpha value is -2.10. The summed E-state index contributed by atoms with van der Waals surface area (Å²) in [5.74, 6) is -0.544. The summed E-state index contributed by atoms with van der Waals surface area (Å²) < 4.78 is 0. The first-order valence-electron chi connectivity index (χ1n) is 4.10. The average Bonchev–Trinajstić information content (AvgIpc) is 2.17. The SMILES string of the molecule is NC(=O)c1cccc2c(=O)cc[nH]c12. The zero-order valence-electron chi connectivity index (χ0n) is 7.28. The standard InChI is InChI=1S/C10H8N2O2/c11-10(14)7-3-1-2-6-8(13)4-5-12-9(6)7/h1-5H,(H2,11,14)(H,12,13). The van der Waals surface area contributed by atoms with Crippen molar-refractivity contribution in [3.05, 3.63) is 46.2 Å². The number of H-pyrrole nitrogens is 1. The fraction of sp³-hybridized carbons (Fsp3) is 0. The van der Waals surface area contributed by atoms with Gasteiger partial charge < -0.3 is 10.7 Å². The van der Waals surface area contributed by atoms with E-state index in [0.29, 0.717) is 16.5 Å². The van der Waals surface area contributed by atoms with Crippen LogP contribution in [0.5, 0.6) is 0 Å². The first-order chi connectivity index (χ1) is 6.70. The lowest BCUT2D eigenvalue weighted by atomic mass is 10.1. The summed E-state index contributed by atoms with van der Waals surface area (Å²) in [5.41, 5.74) is 5.87. The molecule has 0 saturated carbocycles. The maximum atomic E-state index is 11.4. The van der Waals surface area contributed by atoms with Crippen LogP contribution in [0, 0.1) is 0 Å². The molecule has 14 heavy (non-hydrogen) atoms. The van der Waals surface area contributed by atoms with Gasteiger partial charge in [-0.15, -0.1) is 0 Å². The number of carbonyl (C=O) groups excluding carboxylic acids is 1. The molecular weight excluding hydrogens is 180 g/mol. The zero-order chi connectivity index (χ0) is 10.1. The first kappa shape index (κ1) is 8.50. The van der Waals surface area contributed by atoms with Crippen molar-refractivity contribution in [2.45, 2.75) is 0 Å². The second-order valence-corrected chi connectivity index (χ2v) is 2.93. The molecule has 0 saturated heterocycles. The van der Waals surface area contributed by atoms with Gasteiger partial charge in [-0.3, -0.25) is 9.59 Å². The van der Waals surface area contributed by atoms with Gasteiger partial charge in [0, 0.05) is 17.6 Å². The number of fused-ring (bicyclic) bond motifs is 1. The van der Waals surface area contributed by atoms with E-state index in [4.69, 9.17) is 5.73 Å². The van der Waals surface area contributed by atoms with Crippen LogP contribution in [0.1, 0.15) is 10.4 Å². The smallest absolute Gasteiger partial charge is 0.250 e.